The largest absolute Gasteiger partial charge is 0.466 e. The van der Waals surface area contributed by atoms with E-state index in [0.717, 1.165) is 35.7 Å². The first kappa shape index (κ1) is 21.5. The molecule has 0 atom stereocenters. The number of carbonyl (C=O) groups is 2. The van der Waals surface area contributed by atoms with Crippen LogP contribution in [0.15, 0.2) is 36.9 Å². The maximum absolute atomic E-state index is 11.6. The molecule has 1 aromatic carbocycles. The number of allylic oxidation sites excluding steroid dienone is 1. The van der Waals surface area contributed by atoms with Gasteiger partial charge < -0.3 is 14.5 Å². The number of esters is 2. The van der Waals surface area contributed by atoms with E-state index in [2.05, 4.69) is 11.6 Å². The van der Waals surface area contributed by atoms with Crippen LogP contribution in [0, 0.1) is 6.92 Å². The van der Waals surface area contributed by atoms with Crippen molar-refractivity contribution in [1.29, 1.82) is 0 Å². The van der Waals surface area contributed by atoms with Crippen LogP contribution in [0.1, 0.15) is 55.6 Å². The lowest BCUT2D eigenvalue weighted by molar-refractivity contribution is -0.143. The number of hydrogen-bond donors (Lipinski definition) is 1. The third-order valence-electron chi connectivity index (χ3n) is 3.79. The van der Waals surface area contributed by atoms with Gasteiger partial charge >= 0.3 is 11.9 Å². The Bertz CT molecular complexity index is 718. The highest BCUT2D eigenvalue weighted by Crippen LogP contribution is 2.21. The van der Waals surface area contributed by atoms with Gasteiger partial charge in [-0.3, -0.25) is 4.79 Å². The second-order valence-corrected chi connectivity index (χ2v) is 5.73. The van der Waals surface area contributed by atoms with Crippen LogP contribution >= 0.6 is 0 Å². The van der Waals surface area contributed by atoms with Gasteiger partial charge in [0, 0.05) is 17.3 Å². The summed E-state index contributed by atoms with van der Waals surface area (Å²) in [7, 11) is 0. The molecule has 0 saturated carbocycles. The van der Waals surface area contributed by atoms with Crippen molar-refractivity contribution in [2.24, 2.45) is 0 Å². The first-order valence-electron chi connectivity index (χ1n) is 9.06. The van der Waals surface area contributed by atoms with E-state index >= 15 is 0 Å². The summed E-state index contributed by atoms with van der Waals surface area (Å²) in [6, 6.07) is 7.83. The molecule has 2 rings (SSSR count). The van der Waals surface area contributed by atoms with Crippen LogP contribution in [0.2, 0.25) is 0 Å². The van der Waals surface area contributed by atoms with Crippen molar-refractivity contribution in [3.8, 4) is 0 Å². The van der Waals surface area contributed by atoms with Crippen molar-refractivity contribution in [1.82, 2.24) is 4.98 Å². The lowest BCUT2D eigenvalue weighted by Gasteiger charge is -1.99. The maximum atomic E-state index is 11.6. The van der Waals surface area contributed by atoms with Crippen LogP contribution in [0.3, 0.4) is 0 Å². The van der Waals surface area contributed by atoms with E-state index in [9.17, 15) is 9.59 Å². The first-order chi connectivity index (χ1) is 12.5. The zero-order valence-corrected chi connectivity index (χ0v) is 16.0. The Labute approximate surface area is 155 Å². The van der Waals surface area contributed by atoms with Gasteiger partial charge in [0.2, 0.25) is 0 Å². The van der Waals surface area contributed by atoms with Crippen LogP contribution in [-0.4, -0.2) is 30.1 Å². The van der Waals surface area contributed by atoms with E-state index in [1.807, 2.05) is 44.2 Å². The monoisotopic (exact) mass is 359 g/mol. The van der Waals surface area contributed by atoms with Gasteiger partial charge in [-0.05, 0) is 51.7 Å². The van der Waals surface area contributed by atoms with Gasteiger partial charge in [0.1, 0.15) is 5.69 Å². The van der Waals surface area contributed by atoms with Crippen molar-refractivity contribution in [2.45, 2.75) is 46.5 Å². The number of fused-ring (bicyclic) bond motifs is 1. The molecule has 0 bridgehead atoms. The van der Waals surface area contributed by atoms with Crippen molar-refractivity contribution in [3.05, 3.63) is 48.2 Å². The van der Waals surface area contributed by atoms with Gasteiger partial charge in [0.25, 0.3) is 0 Å². The van der Waals surface area contributed by atoms with E-state index in [4.69, 9.17) is 9.47 Å². The fourth-order valence-corrected chi connectivity index (χ4v) is 2.48. The summed E-state index contributed by atoms with van der Waals surface area (Å²) in [6.07, 6.45) is 5.33. The summed E-state index contributed by atoms with van der Waals surface area (Å²) in [5.41, 5.74) is 2.47. The number of para-hydroxylation sites is 1. The molecule has 26 heavy (non-hydrogen) atoms. The molecule has 0 aliphatic heterocycles. The molecule has 5 heteroatoms. The normalized spacial score (nSPS) is 9.96. The van der Waals surface area contributed by atoms with Gasteiger partial charge in [-0.1, -0.05) is 24.3 Å². The molecule has 0 spiro atoms. The first-order valence-corrected chi connectivity index (χ1v) is 9.06. The number of aromatic amines is 1. The van der Waals surface area contributed by atoms with Crippen molar-refractivity contribution < 1.29 is 19.1 Å². The lowest BCUT2D eigenvalue weighted by Crippen LogP contribution is -2.06. The minimum Gasteiger partial charge on any atom is -0.466 e. The fourth-order valence-electron chi connectivity index (χ4n) is 2.48. The predicted molar refractivity (Wildman–Crippen MR) is 104 cm³/mol. The van der Waals surface area contributed by atoms with Crippen LogP contribution in [0.4, 0.5) is 0 Å². The Balaban J connectivity index is 0.000000276. The summed E-state index contributed by atoms with van der Waals surface area (Å²) in [5.74, 6) is -0.372. The van der Waals surface area contributed by atoms with Gasteiger partial charge in [-0.25, -0.2) is 4.79 Å². The minimum atomic E-state index is -0.286. The van der Waals surface area contributed by atoms with Crippen LogP contribution in [0.5, 0.6) is 0 Å². The third-order valence-corrected chi connectivity index (χ3v) is 3.79. The molecule has 0 fully saturated rings. The van der Waals surface area contributed by atoms with E-state index in [1.54, 1.807) is 6.92 Å². The molecular formula is C21H29NO4. The highest BCUT2D eigenvalue weighted by atomic mass is 16.5. The summed E-state index contributed by atoms with van der Waals surface area (Å²) in [6.45, 7) is 10.0. The minimum absolute atomic E-state index is 0.0865. The number of unbranched alkanes of at least 4 members (excludes halogenated alkanes) is 2. The van der Waals surface area contributed by atoms with Crippen LogP contribution in [-0.2, 0) is 14.3 Å². The SMILES string of the molecule is C=CCCCCC(=O)OCC.CCOC(=O)c1[nH]c2ccccc2c1C. The van der Waals surface area contributed by atoms with Gasteiger partial charge in [-0.15, -0.1) is 6.58 Å². The van der Waals surface area contributed by atoms with E-state index < -0.39 is 0 Å². The summed E-state index contributed by atoms with van der Waals surface area (Å²) in [4.78, 5) is 25.4. The molecule has 0 saturated heterocycles. The zero-order chi connectivity index (χ0) is 19.4. The molecule has 142 valence electrons. The summed E-state index contributed by atoms with van der Waals surface area (Å²) in [5, 5.41) is 1.07. The average molecular weight is 359 g/mol. The molecule has 1 heterocycles. The van der Waals surface area contributed by atoms with Gasteiger partial charge in [-0.2, -0.15) is 0 Å². The smallest absolute Gasteiger partial charge is 0.355 e. The van der Waals surface area contributed by atoms with Crippen molar-refractivity contribution in [3.63, 3.8) is 0 Å². The quantitative estimate of drug-likeness (QED) is 0.411. The molecule has 0 aliphatic carbocycles. The number of aromatic nitrogens is 1. The molecule has 1 aromatic heterocycles. The van der Waals surface area contributed by atoms with E-state index in [0.29, 0.717) is 25.3 Å². The number of rotatable bonds is 8. The van der Waals surface area contributed by atoms with Crippen LogP contribution in [0.25, 0.3) is 10.9 Å². The standard InChI is InChI=1S/C12H13NO2.C9H16O2/c1-3-15-12(14)11-8(2)9-6-4-5-7-10(9)13-11;1-3-5-6-7-8-9(10)11-4-2/h4-7,13H,3H2,1-2H3;3H,1,4-8H2,2H3. The number of hydrogen-bond acceptors (Lipinski definition) is 4. The average Bonchev–Trinajstić information content (AvgIpc) is 2.97. The molecule has 0 aliphatic rings. The van der Waals surface area contributed by atoms with Crippen LogP contribution < -0.4 is 0 Å². The zero-order valence-electron chi connectivity index (χ0n) is 16.0. The number of ether oxygens (including phenoxy) is 2. The van der Waals surface area contributed by atoms with E-state index in [-0.39, 0.29) is 11.9 Å². The molecule has 0 unspecified atom stereocenters. The third kappa shape index (κ3) is 6.75. The Morgan fingerprint density at radius 1 is 1.12 bits per heavy atom. The number of H-pyrrole nitrogens is 1. The second kappa shape index (κ2) is 11.9. The van der Waals surface area contributed by atoms with E-state index in [1.165, 1.54) is 0 Å². The maximum Gasteiger partial charge on any atom is 0.355 e. The Hall–Kier alpha value is -2.56. The Kier molecular flexibility index (Phi) is 9.83. The fraction of sp³-hybridized carbons (Fsp3) is 0.429. The number of benzene rings is 1. The molecule has 1 N–H and O–H groups in total. The summed E-state index contributed by atoms with van der Waals surface area (Å²) < 4.78 is 9.73. The predicted octanol–water partition coefficient (Wildman–Crippen LogP) is 4.95. The molecular weight excluding hydrogens is 330 g/mol. The molecule has 2 aromatic rings. The van der Waals surface area contributed by atoms with Gasteiger partial charge in [0.05, 0.1) is 13.2 Å². The lowest BCUT2D eigenvalue weighted by atomic mass is 10.1. The molecule has 5 nitrogen and oxygen atoms in total. The van der Waals surface area contributed by atoms with Gasteiger partial charge in [0.15, 0.2) is 0 Å². The topological polar surface area (TPSA) is 68.4 Å². The summed E-state index contributed by atoms with van der Waals surface area (Å²) >= 11 is 0. The molecule has 0 amide bonds. The number of aryl methyl sites for hydroxylation is 1. The Morgan fingerprint density at radius 2 is 1.81 bits per heavy atom. The number of carbonyl (C=O) groups excluding carboxylic acids is 2. The molecule has 0 radical (unpaired) electrons. The Morgan fingerprint density at radius 3 is 2.42 bits per heavy atom. The van der Waals surface area contributed by atoms with Crippen molar-refractivity contribution in [2.75, 3.05) is 13.2 Å². The highest BCUT2D eigenvalue weighted by Gasteiger charge is 2.14. The highest BCUT2D eigenvalue weighted by molar-refractivity contribution is 5.98. The second-order valence-electron chi connectivity index (χ2n) is 5.73. The number of nitrogens with one attached hydrogen (secondary N) is 1. The van der Waals surface area contributed by atoms with Crippen molar-refractivity contribution >= 4 is 22.8 Å².